The standard InChI is InChI=1S/C50H88O6/c1-4-7-10-13-16-19-22-25-28-31-34-37-40-43-49(52)55-46-47(45-54-48(51)42-39-36-33-30-27-24-21-18-15-12-9-6-3)56-50(53)44-41-38-35-32-29-26-23-20-17-14-11-8-5-2/h7,10,13,16,18-19,21-22,47H,4-6,8-9,11-12,14-15,17,20,23-46H2,1-3H3/b10-7-,16-13-,21-18-,22-19-. The Morgan fingerprint density at radius 3 is 1.16 bits per heavy atom. The van der Waals surface area contributed by atoms with Gasteiger partial charge in [-0.1, -0.05) is 198 Å². The number of esters is 3. The summed E-state index contributed by atoms with van der Waals surface area (Å²) in [6.07, 6.45) is 52.3. The molecule has 0 aromatic heterocycles. The molecule has 0 spiro atoms. The molecule has 0 radical (unpaired) electrons. The number of hydrogen-bond acceptors (Lipinski definition) is 6. The summed E-state index contributed by atoms with van der Waals surface area (Å²) < 4.78 is 16.7. The lowest BCUT2D eigenvalue weighted by molar-refractivity contribution is -0.167. The van der Waals surface area contributed by atoms with Gasteiger partial charge in [0, 0.05) is 19.3 Å². The minimum Gasteiger partial charge on any atom is -0.462 e. The fourth-order valence-electron chi connectivity index (χ4n) is 6.55. The summed E-state index contributed by atoms with van der Waals surface area (Å²) in [5.74, 6) is -0.909. The van der Waals surface area contributed by atoms with E-state index in [0.717, 1.165) is 89.9 Å². The van der Waals surface area contributed by atoms with Crippen molar-refractivity contribution in [2.45, 2.75) is 239 Å². The van der Waals surface area contributed by atoms with E-state index >= 15 is 0 Å². The SMILES string of the molecule is CC\C=C/C=C\C=C/CCCCCCCC(=O)OCC(COC(=O)CCCCCCC/C=C\CCCCC)OC(=O)CCCCCCCCCCCCCCC. The molecule has 0 aliphatic rings. The Labute approximate surface area is 346 Å². The zero-order chi connectivity index (χ0) is 40.8. The molecule has 0 saturated heterocycles. The van der Waals surface area contributed by atoms with Gasteiger partial charge in [0.25, 0.3) is 0 Å². The zero-order valence-corrected chi connectivity index (χ0v) is 36.9. The number of rotatable bonds is 42. The lowest BCUT2D eigenvalue weighted by Gasteiger charge is -2.18. The molecule has 0 N–H and O–H groups in total. The Balaban J connectivity index is 4.41. The van der Waals surface area contributed by atoms with Crippen LogP contribution in [0.5, 0.6) is 0 Å². The van der Waals surface area contributed by atoms with Crippen LogP contribution in [0.2, 0.25) is 0 Å². The highest BCUT2D eigenvalue weighted by atomic mass is 16.6. The van der Waals surface area contributed by atoms with E-state index in [9.17, 15) is 14.4 Å². The van der Waals surface area contributed by atoms with Gasteiger partial charge in [0.1, 0.15) is 13.2 Å². The number of carbonyl (C=O) groups is 3. The van der Waals surface area contributed by atoms with Crippen molar-refractivity contribution in [3.63, 3.8) is 0 Å². The van der Waals surface area contributed by atoms with Gasteiger partial charge in [-0.2, -0.15) is 0 Å². The average molecular weight is 785 g/mol. The summed E-state index contributed by atoms with van der Waals surface area (Å²) in [5.41, 5.74) is 0. The molecule has 0 fully saturated rings. The average Bonchev–Trinajstić information content (AvgIpc) is 3.19. The van der Waals surface area contributed by atoms with Crippen LogP contribution in [0.3, 0.4) is 0 Å². The number of allylic oxidation sites excluding steroid dienone is 8. The van der Waals surface area contributed by atoms with Gasteiger partial charge in [-0.15, -0.1) is 0 Å². The highest BCUT2D eigenvalue weighted by molar-refractivity contribution is 5.71. The van der Waals surface area contributed by atoms with E-state index in [1.165, 1.54) is 103 Å². The molecule has 0 bridgehead atoms. The quantitative estimate of drug-likeness (QED) is 0.0202. The molecular formula is C50H88O6. The van der Waals surface area contributed by atoms with Crippen LogP contribution in [0, 0.1) is 0 Å². The van der Waals surface area contributed by atoms with Crippen LogP contribution in [0.4, 0.5) is 0 Å². The smallest absolute Gasteiger partial charge is 0.306 e. The van der Waals surface area contributed by atoms with E-state index < -0.39 is 6.10 Å². The summed E-state index contributed by atoms with van der Waals surface area (Å²) in [6, 6.07) is 0. The normalized spacial score (nSPS) is 12.4. The van der Waals surface area contributed by atoms with Gasteiger partial charge >= 0.3 is 17.9 Å². The van der Waals surface area contributed by atoms with Crippen LogP contribution in [-0.4, -0.2) is 37.2 Å². The molecule has 1 unspecified atom stereocenters. The first-order chi connectivity index (χ1) is 27.5. The highest BCUT2D eigenvalue weighted by Crippen LogP contribution is 2.15. The topological polar surface area (TPSA) is 78.9 Å². The molecule has 0 aliphatic carbocycles. The summed E-state index contributed by atoms with van der Waals surface area (Å²) >= 11 is 0. The summed E-state index contributed by atoms with van der Waals surface area (Å²) in [5, 5.41) is 0. The van der Waals surface area contributed by atoms with Crippen molar-refractivity contribution in [1.29, 1.82) is 0 Å². The van der Waals surface area contributed by atoms with Crippen molar-refractivity contribution < 1.29 is 28.6 Å². The molecule has 0 amide bonds. The van der Waals surface area contributed by atoms with E-state index in [2.05, 4.69) is 69.4 Å². The molecule has 6 heteroatoms. The molecule has 0 rings (SSSR count). The van der Waals surface area contributed by atoms with Crippen molar-refractivity contribution >= 4 is 17.9 Å². The molecule has 0 aliphatic heterocycles. The van der Waals surface area contributed by atoms with E-state index in [0.29, 0.717) is 19.3 Å². The Morgan fingerprint density at radius 2 is 0.714 bits per heavy atom. The summed E-state index contributed by atoms with van der Waals surface area (Å²) in [6.45, 7) is 6.45. The second kappa shape index (κ2) is 45.1. The lowest BCUT2D eigenvalue weighted by atomic mass is 10.0. The molecule has 0 aromatic rings. The highest BCUT2D eigenvalue weighted by Gasteiger charge is 2.19. The molecule has 0 heterocycles. The maximum atomic E-state index is 12.7. The number of hydrogen-bond donors (Lipinski definition) is 0. The van der Waals surface area contributed by atoms with Gasteiger partial charge in [0.05, 0.1) is 0 Å². The fraction of sp³-hybridized carbons (Fsp3) is 0.780. The minimum absolute atomic E-state index is 0.0826. The number of ether oxygens (including phenoxy) is 3. The molecule has 0 saturated carbocycles. The van der Waals surface area contributed by atoms with E-state index in [-0.39, 0.29) is 31.1 Å². The van der Waals surface area contributed by atoms with E-state index in [1.54, 1.807) is 0 Å². The van der Waals surface area contributed by atoms with E-state index in [4.69, 9.17) is 14.2 Å². The summed E-state index contributed by atoms with van der Waals surface area (Å²) in [7, 11) is 0. The predicted octanol–water partition coefficient (Wildman–Crippen LogP) is 15.1. The first-order valence-electron chi connectivity index (χ1n) is 23.7. The van der Waals surface area contributed by atoms with Gasteiger partial charge in [-0.25, -0.2) is 0 Å². The van der Waals surface area contributed by atoms with Crippen molar-refractivity contribution in [2.75, 3.05) is 13.2 Å². The zero-order valence-electron chi connectivity index (χ0n) is 36.9. The molecule has 324 valence electrons. The largest absolute Gasteiger partial charge is 0.462 e. The Bertz CT molecular complexity index is 996. The maximum Gasteiger partial charge on any atom is 0.306 e. The molecule has 6 nitrogen and oxygen atoms in total. The van der Waals surface area contributed by atoms with Gasteiger partial charge < -0.3 is 14.2 Å². The third-order valence-electron chi connectivity index (χ3n) is 10.1. The monoisotopic (exact) mass is 785 g/mol. The molecule has 56 heavy (non-hydrogen) atoms. The third-order valence-corrected chi connectivity index (χ3v) is 10.1. The summed E-state index contributed by atoms with van der Waals surface area (Å²) in [4.78, 5) is 37.8. The second-order valence-corrected chi connectivity index (χ2v) is 15.7. The van der Waals surface area contributed by atoms with Crippen molar-refractivity contribution in [3.8, 4) is 0 Å². The lowest BCUT2D eigenvalue weighted by Crippen LogP contribution is -2.30. The number of unbranched alkanes of at least 4 members (excludes halogenated alkanes) is 25. The fourth-order valence-corrected chi connectivity index (χ4v) is 6.55. The van der Waals surface area contributed by atoms with E-state index in [1.807, 2.05) is 0 Å². The predicted molar refractivity (Wildman–Crippen MR) is 238 cm³/mol. The Hall–Kier alpha value is -2.63. The Kier molecular flexibility index (Phi) is 43.0. The van der Waals surface area contributed by atoms with Gasteiger partial charge in [0.2, 0.25) is 0 Å². The minimum atomic E-state index is -0.780. The van der Waals surface area contributed by atoms with Crippen LogP contribution in [0.15, 0.2) is 48.6 Å². The van der Waals surface area contributed by atoms with Crippen LogP contribution >= 0.6 is 0 Å². The molecule has 1 atom stereocenters. The third kappa shape index (κ3) is 42.5. The van der Waals surface area contributed by atoms with Crippen molar-refractivity contribution in [2.24, 2.45) is 0 Å². The number of carbonyl (C=O) groups excluding carboxylic acids is 3. The molecular weight excluding hydrogens is 697 g/mol. The van der Waals surface area contributed by atoms with Crippen molar-refractivity contribution in [1.82, 2.24) is 0 Å². The van der Waals surface area contributed by atoms with Crippen LogP contribution in [0.1, 0.15) is 233 Å². The molecule has 0 aromatic carbocycles. The van der Waals surface area contributed by atoms with Gasteiger partial charge in [-0.05, 0) is 64.2 Å². The first kappa shape index (κ1) is 53.4. The van der Waals surface area contributed by atoms with Crippen LogP contribution < -0.4 is 0 Å². The van der Waals surface area contributed by atoms with Crippen LogP contribution in [0.25, 0.3) is 0 Å². The first-order valence-corrected chi connectivity index (χ1v) is 23.7. The maximum absolute atomic E-state index is 12.7. The van der Waals surface area contributed by atoms with Crippen molar-refractivity contribution in [3.05, 3.63) is 48.6 Å². The van der Waals surface area contributed by atoms with Gasteiger partial charge in [0.15, 0.2) is 6.10 Å². The van der Waals surface area contributed by atoms with Gasteiger partial charge in [-0.3, -0.25) is 14.4 Å². The van der Waals surface area contributed by atoms with Crippen LogP contribution in [-0.2, 0) is 28.6 Å². The Morgan fingerprint density at radius 1 is 0.375 bits per heavy atom. The second-order valence-electron chi connectivity index (χ2n) is 15.7.